The van der Waals surface area contributed by atoms with Crippen molar-refractivity contribution in [1.82, 2.24) is 25.3 Å². The Morgan fingerprint density at radius 2 is 1.09 bits per heavy atom. The highest BCUT2D eigenvalue weighted by atomic mass is 16.2. The van der Waals surface area contributed by atoms with Gasteiger partial charge in [-0.05, 0) is 69.3 Å². The number of amides is 4. The first-order valence-electron chi connectivity index (χ1n) is 10.0. The van der Waals surface area contributed by atoms with Crippen molar-refractivity contribution in [3.8, 4) is 0 Å². The van der Waals surface area contributed by atoms with Crippen molar-refractivity contribution in [2.75, 3.05) is 16.0 Å². The molecule has 0 saturated heterocycles. The fourth-order valence-corrected chi connectivity index (χ4v) is 2.98. The number of hydrogen-bond donors (Lipinski definition) is 4. The molecule has 4 amide bonds. The zero-order valence-corrected chi connectivity index (χ0v) is 17.8. The third-order valence-corrected chi connectivity index (χ3v) is 4.39. The molecule has 0 aliphatic heterocycles. The maximum Gasteiger partial charge on any atom is 0.326 e. The molecule has 4 rings (SSSR count). The molecule has 0 bridgehead atoms. The van der Waals surface area contributed by atoms with Crippen LogP contribution in [0.25, 0.3) is 22.1 Å². The summed E-state index contributed by atoms with van der Waals surface area (Å²) >= 11 is 0. The van der Waals surface area contributed by atoms with Crippen molar-refractivity contribution in [1.29, 1.82) is 0 Å². The molecule has 162 valence electrons. The SMILES string of the molecule is Cc1ccc2ccc(NC(=O)Nc3ccc4ccc(NC(=O)NC(C)C)nc4n3)nc2n1. The van der Waals surface area contributed by atoms with E-state index in [9.17, 15) is 9.59 Å². The molecule has 10 nitrogen and oxygen atoms in total. The summed E-state index contributed by atoms with van der Waals surface area (Å²) < 4.78 is 0. The van der Waals surface area contributed by atoms with Crippen molar-refractivity contribution in [3.63, 3.8) is 0 Å². The minimum atomic E-state index is -0.498. The van der Waals surface area contributed by atoms with E-state index in [4.69, 9.17) is 0 Å². The number of pyridine rings is 4. The molecule has 0 atom stereocenters. The van der Waals surface area contributed by atoms with Gasteiger partial charge in [-0.15, -0.1) is 0 Å². The van der Waals surface area contributed by atoms with Gasteiger partial charge < -0.3 is 5.32 Å². The van der Waals surface area contributed by atoms with Crippen molar-refractivity contribution in [2.45, 2.75) is 26.8 Å². The Bertz CT molecular complexity index is 1320. The number of fused-ring (bicyclic) bond motifs is 2. The molecule has 0 spiro atoms. The van der Waals surface area contributed by atoms with E-state index in [1.807, 2.05) is 39.0 Å². The molecule has 0 aromatic carbocycles. The van der Waals surface area contributed by atoms with Gasteiger partial charge in [0.05, 0.1) is 0 Å². The second-order valence-corrected chi connectivity index (χ2v) is 7.47. The van der Waals surface area contributed by atoms with Gasteiger partial charge in [0.25, 0.3) is 0 Å². The van der Waals surface area contributed by atoms with Gasteiger partial charge in [-0.25, -0.2) is 29.5 Å². The number of carbonyl (C=O) groups excluding carboxylic acids is 2. The van der Waals surface area contributed by atoms with Crippen LogP contribution in [0.5, 0.6) is 0 Å². The lowest BCUT2D eigenvalue weighted by Crippen LogP contribution is -2.34. The number of urea groups is 2. The van der Waals surface area contributed by atoms with Crippen LogP contribution in [-0.2, 0) is 0 Å². The van der Waals surface area contributed by atoms with E-state index >= 15 is 0 Å². The number of nitrogens with zero attached hydrogens (tertiary/aromatic N) is 4. The second-order valence-electron chi connectivity index (χ2n) is 7.47. The molecule has 0 unspecified atom stereocenters. The lowest BCUT2D eigenvalue weighted by atomic mass is 10.2. The maximum atomic E-state index is 12.4. The van der Waals surface area contributed by atoms with E-state index in [1.165, 1.54) is 0 Å². The van der Waals surface area contributed by atoms with Gasteiger partial charge in [-0.3, -0.25) is 16.0 Å². The molecule has 4 aromatic heterocycles. The molecule has 4 aromatic rings. The number of nitrogens with one attached hydrogen (secondary N) is 4. The van der Waals surface area contributed by atoms with E-state index in [-0.39, 0.29) is 12.1 Å². The highest BCUT2D eigenvalue weighted by Gasteiger charge is 2.09. The predicted molar refractivity (Wildman–Crippen MR) is 124 cm³/mol. The Morgan fingerprint density at radius 3 is 1.59 bits per heavy atom. The Labute approximate surface area is 183 Å². The zero-order chi connectivity index (χ0) is 22.7. The fourth-order valence-electron chi connectivity index (χ4n) is 2.98. The number of aryl methyl sites for hydroxylation is 1. The summed E-state index contributed by atoms with van der Waals surface area (Å²) in [5.41, 5.74) is 1.78. The van der Waals surface area contributed by atoms with Gasteiger partial charge in [0.1, 0.15) is 17.5 Å². The van der Waals surface area contributed by atoms with Crippen LogP contribution < -0.4 is 21.3 Å². The number of anilines is 3. The summed E-state index contributed by atoms with van der Waals surface area (Å²) in [7, 11) is 0. The van der Waals surface area contributed by atoms with E-state index in [2.05, 4.69) is 41.2 Å². The molecule has 0 radical (unpaired) electrons. The van der Waals surface area contributed by atoms with Crippen LogP contribution >= 0.6 is 0 Å². The topological polar surface area (TPSA) is 134 Å². The first kappa shape index (κ1) is 20.9. The minimum Gasteiger partial charge on any atom is -0.336 e. The van der Waals surface area contributed by atoms with E-state index in [0.717, 1.165) is 16.5 Å². The van der Waals surface area contributed by atoms with Gasteiger partial charge in [0.2, 0.25) is 0 Å². The Hall–Kier alpha value is -4.34. The van der Waals surface area contributed by atoms with Crippen LogP contribution in [0.2, 0.25) is 0 Å². The molecule has 4 heterocycles. The van der Waals surface area contributed by atoms with Crippen LogP contribution in [0.15, 0.2) is 48.5 Å². The molecular weight excluding hydrogens is 408 g/mol. The number of rotatable bonds is 4. The minimum absolute atomic E-state index is 0.000190. The van der Waals surface area contributed by atoms with Gasteiger partial charge in [0.15, 0.2) is 11.3 Å². The summed E-state index contributed by atoms with van der Waals surface area (Å²) in [5.74, 6) is 1.03. The van der Waals surface area contributed by atoms with Crippen molar-refractivity contribution in [2.24, 2.45) is 0 Å². The lowest BCUT2D eigenvalue weighted by molar-refractivity contribution is 0.250. The van der Waals surface area contributed by atoms with Crippen LogP contribution in [-0.4, -0.2) is 38.0 Å². The van der Waals surface area contributed by atoms with Crippen molar-refractivity contribution >= 4 is 51.6 Å². The molecule has 0 fully saturated rings. The first-order chi connectivity index (χ1) is 15.4. The molecule has 10 heteroatoms. The fraction of sp³-hybridized carbons (Fsp3) is 0.182. The van der Waals surface area contributed by atoms with E-state index in [1.54, 1.807) is 30.3 Å². The Balaban J connectivity index is 1.47. The van der Waals surface area contributed by atoms with Crippen LogP contribution in [0.1, 0.15) is 19.5 Å². The van der Waals surface area contributed by atoms with Crippen molar-refractivity contribution in [3.05, 3.63) is 54.2 Å². The molecule has 0 aliphatic carbocycles. The number of hydrogen-bond acceptors (Lipinski definition) is 6. The third-order valence-electron chi connectivity index (χ3n) is 4.39. The standard InChI is InChI=1S/C22H22N8O2/c1-12(2)23-21(31)28-17-10-7-15-8-11-18(27-20(15)26-17)30-22(32)29-16-9-6-14-5-4-13(3)24-19(14)25-16/h4-12H,1-3H3,(H4,23,24,25,26,27,28,29,30,31,32). The van der Waals surface area contributed by atoms with Crippen LogP contribution in [0.3, 0.4) is 0 Å². The van der Waals surface area contributed by atoms with E-state index in [0.29, 0.717) is 28.7 Å². The molecule has 0 saturated carbocycles. The Morgan fingerprint density at radius 1 is 0.656 bits per heavy atom. The number of carbonyl (C=O) groups is 2. The average molecular weight is 430 g/mol. The summed E-state index contributed by atoms with van der Waals surface area (Å²) in [6.07, 6.45) is 0. The van der Waals surface area contributed by atoms with Gasteiger partial charge in [-0.2, -0.15) is 0 Å². The largest absolute Gasteiger partial charge is 0.336 e. The third kappa shape index (κ3) is 5.04. The quantitative estimate of drug-likeness (QED) is 0.386. The van der Waals surface area contributed by atoms with Gasteiger partial charge in [0, 0.05) is 22.5 Å². The summed E-state index contributed by atoms with van der Waals surface area (Å²) in [6, 6.07) is 13.4. The monoisotopic (exact) mass is 430 g/mol. The first-order valence-corrected chi connectivity index (χ1v) is 10.0. The van der Waals surface area contributed by atoms with Crippen molar-refractivity contribution < 1.29 is 9.59 Å². The summed E-state index contributed by atoms with van der Waals surface area (Å²) in [6.45, 7) is 5.61. The van der Waals surface area contributed by atoms with E-state index < -0.39 is 6.03 Å². The predicted octanol–water partition coefficient (Wildman–Crippen LogP) is 4.06. The van der Waals surface area contributed by atoms with Gasteiger partial charge >= 0.3 is 12.1 Å². The smallest absolute Gasteiger partial charge is 0.326 e. The number of aromatic nitrogens is 4. The maximum absolute atomic E-state index is 12.4. The highest BCUT2D eigenvalue weighted by Crippen LogP contribution is 2.17. The Kier molecular flexibility index (Phi) is 5.75. The average Bonchev–Trinajstić information content (AvgIpc) is 2.72. The van der Waals surface area contributed by atoms with Crippen LogP contribution in [0, 0.1) is 6.92 Å². The molecular formula is C22H22N8O2. The normalized spacial score (nSPS) is 10.9. The lowest BCUT2D eigenvalue weighted by Gasteiger charge is -2.10. The van der Waals surface area contributed by atoms with Crippen LogP contribution in [0.4, 0.5) is 27.0 Å². The molecule has 4 N–H and O–H groups in total. The summed E-state index contributed by atoms with van der Waals surface area (Å²) in [4.78, 5) is 41.7. The van der Waals surface area contributed by atoms with Gasteiger partial charge in [-0.1, -0.05) is 0 Å². The molecule has 32 heavy (non-hydrogen) atoms. The molecule has 0 aliphatic rings. The zero-order valence-electron chi connectivity index (χ0n) is 17.8. The highest BCUT2D eigenvalue weighted by molar-refractivity contribution is 5.99. The summed E-state index contributed by atoms with van der Waals surface area (Å²) in [5, 5.41) is 12.4. The second kappa shape index (κ2) is 8.80.